The second-order valence-electron chi connectivity index (χ2n) is 6.89. The largest absolute Gasteiger partial charge is 0.338 e. The van der Waals surface area contributed by atoms with Crippen LogP contribution in [0.15, 0.2) is 60.8 Å². The van der Waals surface area contributed by atoms with E-state index in [1.165, 1.54) is 18.2 Å². The van der Waals surface area contributed by atoms with Crippen LogP contribution in [0.4, 0.5) is 4.39 Å². The predicted molar refractivity (Wildman–Crippen MR) is 107 cm³/mol. The summed E-state index contributed by atoms with van der Waals surface area (Å²) in [5, 5.41) is 0.139. The minimum Gasteiger partial charge on any atom is -0.338 e. The highest BCUT2D eigenvalue weighted by molar-refractivity contribution is 6.33. The molecule has 0 spiro atoms. The summed E-state index contributed by atoms with van der Waals surface area (Å²) in [6, 6.07) is 15.6. The first-order chi connectivity index (χ1) is 13.6. The number of benzene rings is 2. The molecule has 1 fully saturated rings. The van der Waals surface area contributed by atoms with Crippen LogP contribution in [0.2, 0.25) is 5.02 Å². The van der Waals surface area contributed by atoms with Gasteiger partial charge in [0.1, 0.15) is 5.82 Å². The highest BCUT2D eigenvalue weighted by atomic mass is 35.5. The van der Waals surface area contributed by atoms with Crippen molar-refractivity contribution in [3.8, 4) is 11.4 Å². The number of carbonyl (C=O) groups is 1. The molecule has 1 aliphatic heterocycles. The Morgan fingerprint density at radius 3 is 2.75 bits per heavy atom. The summed E-state index contributed by atoms with van der Waals surface area (Å²) < 4.78 is 13.3. The van der Waals surface area contributed by atoms with Crippen molar-refractivity contribution in [2.75, 3.05) is 13.1 Å². The molecule has 1 amide bonds. The SMILES string of the molecule is O=C(c1ccc(F)cc1Cl)N1CCC[C@@H](c2ccnc(-c3ccccc3)n2)C1. The van der Waals surface area contributed by atoms with Crippen LogP contribution in [-0.4, -0.2) is 33.9 Å². The lowest BCUT2D eigenvalue weighted by atomic mass is 9.94. The number of rotatable bonds is 3. The molecule has 4 nitrogen and oxygen atoms in total. The molecule has 28 heavy (non-hydrogen) atoms. The molecular formula is C22H19ClFN3O. The second-order valence-corrected chi connectivity index (χ2v) is 7.29. The Hall–Kier alpha value is -2.79. The topological polar surface area (TPSA) is 46.1 Å². The number of nitrogens with zero attached hydrogens (tertiary/aromatic N) is 3. The van der Waals surface area contributed by atoms with Crippen molar-refractivity contribution in [3.63, 3.8) is 0 Å². The van der Waals surface area contributed by atoms with Gasteiger partial charge in [0.2, 0.25) is 0 Å². The van der Waals surface area contributed by atoms with E-state index in [9.17, 15) is 9.18 Å². The van der Waals surface area contributed by atoms with E-state index in [4.69, 9.17) is 16.6 Å². The summed E-state index contributed by atoms with van der Waals surface area (Å²) in [4.78, 5) is 23.8. The Kier molecular flexibility index (Phi) is 5.35. The van der Waals surface area contributed by atoms with Gasteiger partial charge in [0.05, 0.1) is 10.6 Å². The molecule has 0 aliphatic carbocycles. The van der Waals surface area contributed by atoms with E-state index in [0.717, 1.165) is 24.1 Å². The monoisotopic (exact) mass is 395 g/mol. The van der Waals surface area contributed by atoms with Crippen LogP contribution in [0.3, 0.4) is 0 Å². The Bertz CT molecular complexity index is 996. The lowest BCUT2D eigenvalue weighted by Gasteiger charge is -2.32. The van der Waals surface area contributed by atoms with Crippen molar-refractivity contribution in [1.29, 1.82) is 0 Å². The van der Waals surface area contributed by atoms with E-state index in [1.807, 2.05) is 36.4 Å². The average molecular weight is 396 g/mol. The summed E-state index contributed by atoms with van der Waals surface area (Å²) in [6.45, 7) is 1.21. The molecule has 1 aromatic heterocycles. The number of likely N-dealkylation sites (tertiary alicyclic amines) is 1. The van der Waals surface area contributed by atoms with Crippen molar-refractivity contribution in [3.05, 3.63) is 82.9 Å². The smallest absolute Gasteiger partial charge is 0.255 e. The zero-order valence-corrected chi connectivity index (χ0v) is 15.9. The molecule has 2 heterocycles. The fourth-order valence-electron chi connectivity index (χ4n) is 3.56. The average Bonchev–Trinajstić information content (AvgIpc) is 2.74. The van der Waals surface area contributed by atoms with Crippen molar-refractivity contribution < 1.29 is 9.18 Å². The highest BCUT2D eigenvalue weighted by Gasteiger charge is 2.27. The number of hydrogen-bond donors (Lipinski definition) is 0. The minimum atomic E-state index is -0.451. The Balaban J connectivity index is 1.55. The number of halogens is 2. The zero-order valence-electron chi connectivity index (χ0n) is 15.2. The van der Waals surface area contributed by atoms with Crippen LogP contribution in [0.25, 0.3) is 11.4 Å². The fraction of sp³-hybridized carbons (Fsp3) is 0.227. The summed E-state index contributed by atoms with van der Waals surface area (Å²) >= 11 is 6.08. The molecule has 6 heteroatoms. The van der Waals surface area contributed by atoms with Crippen LogP contribution in [0, 0.1) is 5.82 Å². The maximum atomic E-state index is 13.3. The summed E-state index contributed by atoms with van der Waals surface area (Å²) in [7, 11) is 0. The maximum absolute atomic E-state index is 13.3. The summed E-state index contributed by atoms with van der Waals surface area (Å²) in [5.41, 5.74) is 2.22. The zero-order chi connectivity index (χ0) is 19.5. The third kappa shape index (κ3) is 3.90. The predicted octanol–water partition coefficient (Wildman–Crippen LogP) is 4.96. The number of piperidine rings is 1. The third-order valence-corrected chi connectivity index (χ3v) is 5.31. The molecule has 1 aliphatic rings. The van der Waals surface area contributed by atoms with Crippen molar-refractivity contribution in [2.45, 2.75) is 18.8 Å². The minimum absolute atomic E-state index is 0.127. The molecule has 2 aromatic carbocycles. The molecule has 0 radical (unpaired) electrons. The number of carbonyl (C=O) groups excluding carboxylic acids is 1. The van der Waals surface area contributed by atoms with Gasteiger partial charge in [0.25, 0.3) is 5.91 Å². The van der Waals surface area contributed by atoms with E-state index in [1.54, 1.807) is 11.1 Å². The van der Waals surface area contributed by atoms with Crippen LogP contribution >= 0.6 is 11.6 Å². The first-order valence-corrected chi connectivity index (χ1v) is 9.62. The van der Waals surface area contributed by atoms with Gasteiger partial charge < -0.3 is 4.90 Å². The summed E-state index contributed by atoms with van der Waals surface area (Å²) in [6.07, 6.45) is 3.59. The van der Waals surface area contributed by atoms with E-state index in [-0.39, 0.29) is 16.8 Å². The molecule has 1 atom stereocenters. The number of amides is 1. The first kappa shape index (κ1) is 18.6. The van der Waals surface area contributed by atoms with Crippen LogP contribution in [0.5, 0.6) is 0 Å². The van der Waals surface area contributed by atoms with E-state index in [2.05, 4.69) is 4.98 Å². The van der Waals surface area contributed by atoms with E-state index < -0.39 is 5.82 Å². The maximum Gasteiger partial charge on any atom is 0.255 e. The van der Waals surface area contributed by atoms with Gasteiger partial charge in [0.15, 0.2) is 5.82 Å². The van der Waals surface area contributed by atoms with Crippen LogP contribution < -0.4 is 0 Å². The quantitative estimate of drug-likeness (QED) is 0.630. The van der Waals surface area contributed by atoms with Gasteiger partial charge in [-0.1, -0.05) is 41.9 Å². The standard InChI is InChI=1S/C22H19ClFN3O/c23-19-13-17(24)8-9-18(19)22(28)27-12-4-7-16(14-27)20-10-11-25-21(26-20)15-5-2-1-3-6-15/h1-3,5-6,8-11,13,16H,4,7,12,14H2/t16-/m1/s1. The van der Waals surface area contributed by atoms with Gasteiger partial charge in [-0.15, -0.1) is 0 Å². The van der Waals surface area contributed by atoms with Gasteiger partial charge in [-0.3, -0.25) is 4.79 Å². The van der Waals surface area contributed by atoms with Gasteiger partial charge >= 0.3 is 0 Å². The van der Waals surface area contributed by atoms with E-state index in [0.29, 0.717) is 24.5 Å². The van der Waals surface area contributed by atoms with Crippen molar-refractivity contribution in [1.82, 2.24) is 14.9 Å². The van der Waals surface area contributed by atoms with Crippen LogP contribution in [-0.2, 0) is 0 Å². The fourth-order valence-corrected chi connectivity index (χ4v) is 3.81. The van der Waals surface area contributed by atoms with E-state index >= 15 is 0 Å². The van der Waals surface area contributed by atoms with Gasteiger partial charge in [-0.25, -0.2) is 14.4 Å². The molecule has 4 rings (SSSR count). The molecule has 3 aromatic rings. The molecular weight excluding hydrogens is 377 g/mol. The summed E-state index contributed by atoms with van der Waals surface area (Å²) in [5.74, 6) is 0.185. The van der Waals surface area contributed by atoms with Gasteiger partial charge in [-0.2, -0.15) is 0 Å². The number of hydrogen-bond acceptors (Lipinski definition) is 3. The van der Waals surface area contributed by atoms with Gasteiger partial charge in [0, 0.05) is 36.5 Å². The van der Waals surface area contributed by atoms with Crippen molar-refractivity contribution >= 4 is 17.5 Å². The number of aromatic nitrogens is 2. The lowest BCUT2D eigenvalue weighted by molar-refractivity contribution is 0.0706. The molecule has 0 N–H and O–H groups in total. The Labute approximate surface area is 168 Å². The Morgan fingerprint density at radius 2 is 1.96 bits per heavy atom. The Morgan fingerprint density at radius 1 is 1.14 bits per heavy atom. The first-order valence-electron chi connectivity index (χ1n) is 9.24. The van der Waals surface area contributed by atoms with Crippen LogP contribution in [0.1, 0.15) is 34.8 Å². The highest BCUT2D eigenvalue weighted by Crippen LogP contribution is 2.29. The third-order valence-electron chi connectivity index (χ3n) is 5.00. The molecule has 0 saturated carbocycles. The molecule has 0 unspecified atom stereocenters. The molecule has 142 valence electrons. The molecule has 0 bridgehead atoms. The normalized spacial score (nSPS) is 16.8. The second kappa shape index (κ2) is 8.07. The van der Waals surface area contributed by atoms with Crippen molar-refractivity contribution in [2.24, 2.45) is 0 Å². The lowest BCUT2D eigenvalue weighted by Crippen LogP contribution is -2.39. The molecule has 1 saturated heterocycles. The van der Waals surface area contributed by atoms with Gasteiger partial charge in [-0.05, 0) is 37.1 Å².